The van der Waals surface area contributed by atoms with Crippen LogP contribution in [0.25, 0.3) is 11.2 Å². The number of ether oxygens (including phenoxy) is 1. The van der Waals surface area contributed by atoms with E-state index in [1.165, 1.54) is 95.8 Å². The lowest BCUT2D eigenvalue weighted by atomic mass is 9.99. The minimum atomic E-state index is -1.56. The molecule has 3 aliphatic heterocycles. The van der Waals surface area contributed by atoms with Gasteiger partial charge in [-0.2, -0.15) is 0 Å². The number of carbonyl (C=O) groups excluding carboxylic acids is 1. The van der Waals surface area contributed by atoms with Crippen molar-refractivity contribution in [3.63, 3.8) is 0 Å². The molecule has 0 radical (unpaired) electrons. The van der Waals surface area contributed by atoms with Gasteiger partial charge in [0.15, 0.2) is 17.0 Å². The van der Waals surface area contributed by atoms with Crippen LogP contribution in [-0.4, -0.2) is 69.1 Å². The number of nitrogens with zero attached hydrogens (tertiary/aromatic N) is 5. The van der Waals surface area contributed by atoms with Crippen LogP contribution in [-0.2, 0) is 13.8 Å². The van der Waals surface area contributed by atoms with Crippen molar-refractivity contribution < 1.29 is 18.6 Å². The summed E-state index contributed by atoms with van der Waals surface area (Å²) in [7, 11) is -2.71. The number of amides is 1. The second-order valence-electron chi connectivity index (χ2n) is 15.8. The highest BCUT2D eigenvalue weighted by Gasteiger charge is 2.53. The summed E-state index contributed by atoms with van der Waals surface area (Å²) in [5, 5.41) is 2.92. The van der Waals surface area contributed by atoms with E-state index in [2.05, 4.69) is 38.4 Å². The van der Waals surface area contributed by atoms with Crippen molar-refractivity contribution in [2.24, 2.45) is 0 Å². The third kappa shape index (κ3) is 6.95. The minimum absolute atomic E-state index is 0.0472. The average Bonchev–Trinajstić information content (AvgIpc) is 3.88. The molecule has 1 aromatic carbocycles. The molecule has 270 valence electrons. The van der Waals surface area contributed by atoms with Crippen LogP contribution in [0.2, 0.25) is 23.7 Å². The Morgan fingerprint density at radius 1 is 0.940 bits per heavy atom. The van der Waals surface area contributed by atoms with Crippen molar-refractivity contribution in [2.75, 3.05) is 11.9 Å². The van der Waals surface area contributed by atoms with E-state index >= 15 is 0 Å². The molecule has 0 bridgehead atoms. The Morgan fingerprint density at radius 3 is 2.38 bits per heavy atom. The maximum Gasteiger partial charge on any atom is 0.259 e. The number of hydrogen-bond acceptors (Lipinski definition) is 8. The zero-order valence-corrected chi connectivity index (χ0v) is 31.8. The number of nitrogens with one attached hydrogen (secondary N) is 1. The standard InChI is InChI=1S/C38H55N6O4PSi/c1-3-31-32(23-34(46-31)43-26-41-35-36(39-25-40-37(35)43)42-38(45)27-15-7-4-8-16-27)47-49-44-22-14-13-21-30(44)33(48-49)24-50(2,28-17-9-5-10-18-28)29-19-11-6-12-20-29/h4,7-8,15-16,25-26,28-34H,3,5-6,9-14,17-24H2,1-2H3,(H,39,40,42,45)/t30-,31+,32?,33-,34+,49?/m0/s1. The summed E-state index contributed by atoms with van der Waals surface area (Å²) in [6, 6.07) is 10.9. The molecule has 0 spiro atoms. The van der Waals surface area contributed by atoms with Gasteiger partial charge in [0.2, 0.25) is 0 Å². The van der Waals surface area contributed by atoms with Crippen LogP contribution in [0.3, 0.4) is 0 Å². The van der Waals surface area contributed by atoms with Crippen molar-refractivity contribution in [2.45, 2.75) is 157 Å². The number of benzene rings is 1. The van der Waals surface area contributed by atoms with E-state index in [9.17, 15) is 4.79 Å². The third-order valence-electron chi connectivity index (χ3n) is 12.8. The van der Waals surface area contributed by atoms with Crippen LogP contribution in [0.15, 0.2) is 43.0 Å². The van der Waals surface area contributed by atoms with Crippen molar-refractivity contribution in [3.05, 3.63) is 48.5 Å². The molecule has 8 rings (SSSR count). The summed E-state index contributed by atoms with van der Waals surface area (Å²) in [6.45, 7) is 6.05. The summed E-state index contributed by atoms with van der Waals surface area (Å²) in [5.74, 6) is 0.160. The van der Waals surface area contributed by atoms with Gasteiger partial charge in [-0.05, 0) is 48.5 Å². The third-order valence-corrected chi connectivity index (χ3v) is 20.8. The van der Waals surface area contributed by atoms with Gasteiger partial charge in [0.05, 0.1) is 32.7 Å². The van der Waals surface area contributed by atoms with Gasteiger partial charge in [-0.1, -0.05) is 102 Å². The smallest absolute Gasteiger partial charge is 0.259 e. The van der Waals surface area contributed by atoms with E-state index in [0.717, 1.165) is 24.0 Å². The van der Waals surface area contributed by atoms with Gasteiger partial charge in [-0.3, -0.25) is 9.36 Å². The Morgan fingerprint density at radius 2 is 1.66 bits per heavy atom. The molecule has 5 fully saturated rings. The summed E-state index contributed by atoms with van der Waals surface area (Å²) >= 11 is 0. The first-order valence-corrected chi connectivity index (χ1v) is 23.6. The number of piperidine rings is 1. The van der Waals surface area contributed by atoms with E-state index in [4.69, 9.17) is 13.8 Å². The highest BCUT2D eigenvalue weighted by atomic mass is 31.2. The summed E-state index contributed by atoms with van der Waals surface area (Å²) in [6.07, 6.45) is 22.9. The van der Waals surface area contributed by atoms with E-state index < -0.39 is 16.6 Å². The Balaban J connectivity index is 0.982. The predicted octanol–water partition coefficient (Wildman–Crippen LogP) is 9.39. The molecule has 2 aromatic heterocycles. The molecule has 6 atom stereocenters. The molecule has 2 unspecified atom stereocenters. The molecule has 2 aliphatic carbocycles. The fourth-order valence-electron chi connectivity index (χ4n) is 10.0. The molecule has 2 saturated carbocycles. The predicted molar refractivity (Wildman–Crippen MR) is 200 cm³/mol. The van der Waals surface area contributed by atoms with Crippen LogP contribution in [0.5, 0.6) is 0 Å². The number of carbonyl (C=O) groups is 1. The molecule has 12 heteroatoms. The Bertz CT molecular complexity index is 1580. The van der Waals surface area contributed by atoms with E-state index in [1.807, 2.05) is 22.8 Å². The second-order valence-corrected chi connectivity index (χ2v) is 22.2. The van der Waals surface area contributed by atoms with Crippen LogP contribution >= 0.6 is 8.53 Å². The lowest BCUT2D eigenvalue weighted by Crippen LogP contribution is -2.49. The van der Waals surface area contributed by atoms with Crippen LogP contribution in [0.4, 0.5) is 5.82 Å². The number of imidazole rings is 1. The van der Waals surface area contributed by atoms with E-state index in [-0.39, 0.29) is 24.3 Å². The summed E-state index contributed by atoms with van der Waals surface area (Å²) in [5.41, 5.74) is 3.66. The molecule has 3 saturated heterocycles. The zero-order valence-electron chi connectivity index (χ0n) is 29.9. The van der Waals surface area contributed by atoms with Gasteiger partial charge in [0.25, 0.3) is 14.4 Å². The first kappa shape index (κ1) is 34.8. The average molecular weight is 719 g/mol. The number of anilines is 1. The number of aromatic nitrogens is 4. The molecular formula is C38H55N6O4PSi. The Labute approximate surface area is 299 Å². The normalized spacial score (nSPS) is 30.1. The monoisotopic (exact) mass is 718 g/mol. The molecule has 5 heterocycles. The van der Waals surface area contributed by atoms with Gasteiger partial charge in [-0.15, -0.1) is 0 Å². The molecule has 1 N–H and O–H groups in total. The SMILES string of the molecule is CC[C@H]1O[C@@H](n2cnc3c(NC(=O)c4ccccc4)ncnc32)CC1OP1O[C@@H](C[Si](C)(C2CCCCC2)C2CCCCC2)[C@@H]2CCCCN21. The topological polar surface area (TPSA) is 104 Å². The van der Waals surface area contributed by atoms with Crippen molar-refractivity contribution in [1.82, 2.24) is 24.2 Å². The van der Waals surface area contributed by atoms with Gasteiger partial charge >= 0.3 is 0 Å². The van der Waals surface area contributed by atoms with Gasteiger partial charge in [0, 0.05) is 24.6 Å². The van der Waals surface area contributed by atoms with Crippen molar-refractivity contribution in [1.29, 1.82) is 0 Å². The van der Waals surface area contributed by atoms with Crippen molar-refractivity contribution >= 4 is 39.5 Å². The van der Waals surface area contributed by atoms with Crippen LogP contribution < -0.4 is 5.32 Å². The summed E-state index contributed by atoms with van der Waals surface area (Å²) < 4.78 is 25.6. The number of rotatable bonds is 10. The fraction of sp³-hybridized carbons (Fsp3) is 0.684. The maximum absolute atomic E-state index is 12.9. The molecule has 1 amide bonds. The zero-order chi connectivity index (χ0) is 34.1. The summed E-state index contributed by atoms with van der Waals surface area (Å²) in [4.78, 5) is 26.5. The highest BCUT2D eigenvalue weighted by Crippen LogP contribution is 2.60. The van der Waals surface area contributed by atoms with E-state index in [1.54, 1.807) is 18.5 Å². The van der Waals surface area contributed by atoms with Gasteiger partial charge in [0.1, 0.15) is 12.6 Å². The molecule has 5 aliphatic rings. The first-order valence-electron chi connectivity index (χ1n) is 19.6. The maximum atomic E-state index is 12.9. The molecule has 50 heavy (non-hydrogen) atoms. The Hall–Kier alpha value is -2.27. The van der Waals surface area contributed by atoms with Crippen LogP contribution in [0.1, 0.15) is 120 Å². The first-order chi connectivity index (χ1) is 24.5. The minimum Gasteiger partial charge on any atom is -0.352 e. The lowest BCUT2D eigenvalue weighted by molar-refractivity contribution is -0.0152. The number of fused-ring (bicyclic) bond motifs is 2. The van der Waals surface area contributed by atoms with Crippen molar-refractivity contribution in [3.8, 4) is 0 Å². The molecule has 3 aromatic rings. The van der Waals surface area contributed by atoms with Crippen LogP contribution in [0, 0.1) is 0 Å². The molecule has 10 nitrogen and oxygen atoms in total. The second kappa shape index (κ2) is 15.4. The van der Waals surface area contributed by atoms with Gasteiger partial charge in [-0.25, -0.2) is 19.6 Å². The largest absolute Gasteiger partial charge is 0.352 e. The lowest BCUT2D eigenvalue weighted by Gasteiger charge is -2.47. The van der Waals surface area contributed by atoms with E-state index in [0.29, 0.717) is 41.1 Å². The number of hydrogen-bond donors (Lipinski definition) is 1. The highest BCUT2D eigenvalue weighted by molar-refractivity contribution is 7.45. The molecular weight excluding hydrogens is 664 g/mol. The fourth-order valence-corrected chi connectivity index (χ4v) is 18.2. The quantitative estimate of drug-likeness (QED) is 0.163. The van der Waals surface area contributed by atoms with Gasteiger partial charge < -0.3 is 19.1 Å². The Kier molecular flexibility index (Phi) is 10.7.